The minimum absolute atomic E-state index is 0.262. The summed E-state index contributed by atoms with van der Waals surface area (Å²) in [6, 6.07) is 9.51. The summed E-state index contributed by atoms with van der Waals surface area (Å²) in [7, 11) is 0. The maximum Gasteiger partial charge on any atom is 0.351 e. The fourth-order valence-corrected chi connectivity index (χ4v) is 1.22. The van der Waals surface area contributed by atoms with Crippen LogP contribution in [0.1, 0.15) is 12.0 Å². The number of carboxylic acid groups (broad SMARTS) is 1. The highest BCUT2D eigenvalue weighted by atomic mass is 16.4. The third kappa shape index (κ3) is 3.96. The largest absolute Gasteiger partial charge is 0.477 e. The molecule has 84 valence electrons. The predicted molar refractivity (Wildman–Crippen MR) is 59.7 cm³/mol. The lowest BCUT2D eigenvalue weighted by molar-refractivity contribution is -0.133. The number of carboxylic acids is 1. The normalized spacial score (nSPS) is 11.1. The van der Waals surface area contributed by atoms with Gasteiger partial charge in [-0.3, -0.25) is 4.79 Å². The van der Waals surface area contributed by atoms with Crippen molar-refractivity contribution in [2.24, 2.45) is 5.73 Å². The Balaban J connectivity index is 2.48. The topological polar surface area (TPSA) is 80.4 Å². The summed E-state index contributed by atoms with van der Waals surface area (Å²) in [6.07, 6.45) is 1.81. The predicted octanol–water partition coefficient (Wildman–Crippen LogP) is 1.12. The number of rotatable bonds is 5. The monoisotopic (exact) mass is 219 g/mol. The van der Waals surface area contributed by atoms with Crippen molar-refractivity contribution in [3.05, 3.63) is 47.7 Å². The summed E-state index contributed by atoms with van der Waals surface area (Å²) in [4.78, 5) is 21.7. The van der Waals surface area contributed by atoms with Crippen LogP contribution in [-0.2, 0) is 16.0 Å². The Morgan fingerprint density at radius 3 is 2.44 bits per heavy atom. The second kappa shape index (κ2) is 5.70. The Bertz CT molecular complexity index is 410. The van der Waals surface area contributed by atoms with Crippen LogP contribution in [0.4, 0.5) is 0 Å². The molecule has 0 atom stereocenters. The van der Waals surface area contributed by atoms with Crippen LogP contribution in [0.25, 0.3) is 0 Å². The van der Waals surface area contributed by atoms with Crippen molar-refractivity contribution in [1.29, 1.82) is 0 Å². The van der Waals surface area contributed by atoms with Crippen molar-refractivity contribution >= 4 is 11.8 Å². The first-order valence-corrected chi connectivity index (χ1v) is 4.87. The smallest absolute Gasteiger partial charge is 0.351 e. The molecule has 1 aromatic rings. The zero-order chi connectivity index (χ0) is 12.0. The number of allylic oxidation sites excluding steroid dienone is 1. The molecule has 0 saturated heterocycles. The minimum Gasteiger partial charge on any atom is -0.477 e. The van der Waals surface area contributed by atoms with Crippen LogP contribution in [0.5, 0.6) is 0 Å². The molecular weight excluding hydrogens is 206 g/mol. The van der Waals surface area contributed by atoms with Crippen LogP contribution in [0, 0.1) is 0 Å². The second-order valence-electron chi connectivity index (χ2n) is 3.36. The molecule has 0 aliphatic rings. The number of hydrogen-bond acceptors (Lipinski definition) is 3. The molecule has 0 aromatic heterocycles. The first-order chi connectivity index (χ1) is 7.59. The molecule has 3 N–H and O–H groups in total. The van der Waals surface area contributed by atoms with Crippen LogP contribution in [0.3, 0.4) is 0 Å². The number of benzene rings is 1. The fourth-order valence-electron chi connectivity index (χ4n) is 1.22. The van der Waals surface area contributed by atoms with Crippen molar-refractivity contribution in [2.75, 3.05) is 0 Å². The van der Waals surface area contributed by atoms with Gasteiger partial charge in [0.1, 0.15) is 5.70 Å². The average molecular weight is 219 g/mol. The van der Waals surface area contributed by atoms with E-state index in [1.165, 1.54) is 0 Å². The summed E-state index contributed by atoms with van der Waals surface area (Å²) in [5.74, 6) is -1.54. The van der Waals surface area contributed by atoms with Gasteiger partial charge >= 0.3 is 5.97 Å². The van der Waals surface area contributed by atoms with Gasteiger partial charge in [-0.2, -0.15) is 0 Å². The van der Waals surface area contributed by atoms with Gasteiger partial charge in [-0.1, -0.05) is 30.3 Å². The first kappa shape index (κ1) is 12.0. The van der Waals surface area contributed by atoms with E-state index >= 15 is 0 Å². The van der Waals surface area contributed by atoms with Gasteiger partial charge in [-0.05, 0) is 12.0 Å². The van der Waals surface area contributed by atoms with Gasteiger partial charge in [0, 0.05) is 12.5 Å². The number of carbonyl (C=O) groups excluding carboxylic acids is 1. The molecule has 1 rings (SSSR count). The van der Waals surface area contributed by atoms with Crippen LogP contribution in [0.2, 0.25) is 0 Å². The van der Waals surface area contributed by atoms with Gasteiger partial charge in [-0.25, -0.2) is 4.79 Å². The molecular formula is C12H13NO3. The molecule has 0 unspecified atom stereocenters. The molecule has 1 aromatic carbocycles. The lowest BCUT2D eigenvalue weighted by Gasteiger charge is -1.98. The number of carbonyl (C=O) groups is 2. The molecule has 16 heavy (non-hydrogen) atoms. The maximum absolute atomic E-state index is 11.3. The third-order valence-corrected chi connectivity index (χ3v) is 2.07. The number of ketones is 1. The van der Waals surface area contributed by atoms with Gasteiger partial charge in [0.15, 0.2) is 5.78 Å². The summed E-state index contributed by atoms with van der Waals surface area (Å²) >= 11 is 0. The molecule has 4 heteroatoms. The van der Waals surface area contributed by atoms with E-state index in [2.05, 4.69) is 0 Å². The lowest BCUT2D eigenvalue weighted by atomic mass is 10.1. The van der Waals surface area contributed by atoms with Crippen molar-refractivity contribution in [1.82, 2.24) is 0 Å². The summed E-state index contributed by atoms with van der Waals surface area (Å²) in [5, 5.41) is 8.47. The van der Waals surface area contributed by atoms with Crippen LogP contribution in [-0.4, -0.2) is 16.9 Å². The zero-order valence-electron chi connectivity index (χ0n) is 8.72. The van der Waals surface area contributed by atoms with Crippen LogP contribution < -0.4 is 5.73 Å². The Morgan fingerprint density at radius 2 is 1.88 bits per heavy atom. The molecule has 0 bridgehead atoms. The SMILES string of the molecule is NC(=CC(=O)CCc1ccccc1)C(=O)O. The first-order valence-electron chi connectivity index (χ1n) is 4.87. The summed E-state index contributed by atoms with van der Waals surface area (Å²) in [5.41, 5.74) is 5.75. The Kier molecular flexibility index (Phi) is 4.27. The van der Waals surface area contributed by atoms with Crippen LogP contribution >= 0.6 is 0 Å². The molecule has 4 nitrogen and oxygen atoms in total. The molecule has 0 amide bonds. The van der Waals surface area contributed by atoms with E-state index < -0.39 is 11.7 Å². The molecule has 0 aliphatic carbocycles. The van der Waals surface area contributed by atoms with Gasteiger partial charge in [-0.15, -0.1) is 0 Å². The zero-order valence-corrected chi connectivity index (χ0v) is 8.72. The number of nitrogens with two attached hydrogens (primary N) is 1. The van der Waals surface area contributed by atoms with Crippen LogP contribution in [0.15, 0.2) is 42.1 Å². The molecule has 0 spiro atoms. The van der Waals surface area contributed by atoms with Gasteiger partial charge in [0.2, 0.25) is 0 Å². The van der Waals surface area contributed by atoms with Crippen molar-refractivity contribution in [2.45, 2.75) is 12.8 Å². The number of aliphatic carboxylic acids is 1. The Hall–Kier alpha value is -2.10. The number of hydrogen-bond donors (Lipinski definition) is 2. The highest BCUT2D eigenvalue weighted by Crippen LogP contribution is 2.03. The van der Waals surface area contributed by atoms with Crippen molar-refractivity contribution in [3.63, 3.8) is 0 Å². The van der Waals surface area contributed by atoms with Crippen molar-refractivity contribution < 1.29 is 14.7 Å². The second-order valence-corrected chi connectivity index (χ2v) is 3.36. The molecule has 0 fully saturated rings. The quantitative estimate of drug-likeness (QED) is 0.727. The standard InChI is InChI=1S/C12H13NO3/c13-11(12(15)16)8-10(14)7-6-9-4-2-1-3-5-9/h1-5,8H,6-7,13H2,(H,15,16). The highest BCUT2D eigenvalue weighted by molar-refractivity contribution is 5.98. The molecule has 0 saturated carbocycles. The van der Waals surface area contributed by atoms with E-state index in [0.717, 1.165) is 11.6 Å². The van der Waals surface area contributed by atoms with E-state index in [0.29, 0.717) is 6.42 Å². The number of aryl methyl sites for hydroxylation is 1. The molecule has 0 heterocycles. The van der Waals surface area contributed by atoms with E-state index in [9.17, 15) is 9.59 Å². The van der Waals surface area contributed by atoms with Gasteiger partial charge < -0.3 is 10.8 Å². The highest BCUT2D eigenvalue weighted by Gasteiger charge is 2.05. The molecule has 0 radical (unpaired) electrons. The third-order valence-electron chi connectivity index (χ3n) is 2.07. The molecule has 0 aliphatic heterocycles. The fraction of sp³-hybridized carbons (Fsp3) is 0.167. The minimum atomic E-state index is -1.27. The average Bonchev–Trinajstić information content (AvgIpc) is 2.27. The summed E-state index contributed by atoms with van der Waals surface area (Å²) < 4.78 is 0. The Labute approximate surface area is 93.4 Å². The van der Waals surface area contributed by atoms with E-state index in [1.54, 1.807) is 0 Å². The lowest BCUT2D eigenvalue weighted by Crippen LogP contribution is -2.12. The van der Waals surface area contributed by atoms with E-state index in [-0.39, 0.29) is 12.2 Å². The summed E-state index contributed by atoms with van der Waals surface area (Å²) in [6.45, 7) is 0. The maximum atomic E-state index is 11.3. The van der Waals surface area contributed by atoms with Gasteiger partial charge in [0.05, 0.1) is 0 Å². The van der Waals surface area contributed by atoms with E-state index in [1.807, 2.05) is 30.3 Å². The van der Waals surface area contributed by atoms with E-state index in [4.69, 9.17) is 10.8 Å². The van der Waals surface area contributed by atoms with Gasteiger partial charge in [0.25, 0.3) is 0 Å². The Morgan fingerprint density at radius 1 is 1.25 bits per heavy atom. The van der Waals surface area contributed by atoms with Crippen molar-refractivity contribution in [3.8, 4) is 0 Å².